The lowest BCUT2D eigenvalue weighted by atomic mass is 9.96. The van der Waals surface area contributed by atoms with Gasteiger partial charge < -0.3 is 5.73 Å². The minimum atomic E-state index is -0.0339. The van der Waals surface area contributed by atoms with Crippen LogP contribution in [0.15, 0.2) is 18.5 Å². The molecular weight excluding hydrogens is 262 g/mol. The molecule has 2 aromatic rings. The maximum atomic E-state index is 6.33. The molecule has 114 valence electrons. The summed E-state index contributed by atoms with van der Waals surface area (Å²) >= 11 is 0. The highest BCUT2D eigenvalue weighted by molar-refractivity contribution is 5.21. The van der Waals surface area contributed by atoms with Gasteiger partial charge in [0, 0.05) is 37.5 Å². The van der Waals surface area contributed by atoms with Gasteiger partial charge in [-0.05, 0) is 25.8 Å². The van der Waals surface area contributed by atoms with Crippen molar-refractivity contribution in [3.8, 4) is 0 Å². The Bertz CT molecular complexity index is 592. The molecule has 1 atom stereocenters. The number of hydrogen-bond donors (Lipinski definition) is 1. The van der Waals surface area contributed by atoms with Crippen LogP contribution in [0.3, 0.4) is 0 Å². The molecule has 2 N–H and O–H groups in total. The monoisotopic (exact) mass is 287 g/mol. The molecule has 5 heteroatoms. The van der Waals surface area contributed by atoms with Gasteiger partial charge in [0.05, 0.1) is 17.4 Å². The summed E-state index contributed by atoms with van der Waals surface area (Å²) in [5.74, 6) is 0. The first kappa shape index (κ1) is 14.3. The summed E-state index contributed by atoms with van der Waals surface area (Å²) < 4.78 is 3.97. The number of rotatable bonds is 4. The first-order valence-electron chi connectivity index (χ1n) is 7.93. The molecule has 1 fully saturated rings. The molecule has 2 heterocycles. The molecule has 0 radical (unpaired) electrons. The van der Waals surface area contributed by atoms with Gasteiger partial charge in [-0.3, -0.25) is 9.36 Å². The third-order valence-corrected chi connectivity index (χ3v) is 4.49. The Morgan fingerprint density at radius 2 is 2.05 bits per heavy atom. The highest BCUT2D eigenvalue weighted by atomic mass is 15.3. The van der Waals surface area contributed by atoms with Gasteiger partial charge in [0.2, 0.25) is 0 Å². The van der Waals surface area contributed by atoms with Crippen LogP contribution in [0, 0.1) is 6.92 Å². The summed E-state index contributed by atoms with van der Waals surface area (Å²) in [5, 5.41) is 9.11. The normalized spacial score (nSPS) is 18.0. The maximum Gasteiger partial charge on any atom is 0.0643 e. The smallest absolute Gasteiger partial charge is 0.0643 e. The fraction of sp³-hybridized carbons (Fsp3) is 0.625. The number of aromatic nitrogens is 4. The van der Waals surface area contributed by atoms with Gasteiger partial charge in [-0.2, -0.15) is 10.2 Å². The second kappa shape index (κ2) is 6.02. The van der Waals surface area contributed by atoms with Crippen LogP contribution in [0.2, 0.25) is 0 Å². The third-order valence-electron chi connectivity index (χ3n) is 4.49. The molecule has 1 unspecified atom stereocenters. The van der Waals surface area contributed by atoms with Crippen molar-refractivity contribution >= 4 is 0 Å². The Kier molecular flexibility index (Phi) is 4.10. The second-order valence-corrected chi connectivity index (χ2v) is 6.23. The van der Waals surface area contributed by atoms with Crippen molar-refractivity contribution in [3.63, 3.8) is 0 Å². The van der Waals surface area contributed by atoms with Crippen molar-refractivity contribution in [3.05, 3.63) is 35.4 Å². The van der Waals surface area contributed by atoms with Crippen LogP contribution in [-0.4, -0.2) is 19.6 Å². The zero-order valence-corrected chi connectivity index (χ0v) is 13.0. The predicted molar refractivity (Wildman–Crippen MR) is 82.9 cm³/mol. The summed E-state index contributed by atoms with van der Waals surface area (Å²) in [4.78, 5) is 0. The van der Waals surface area contributed by atoms with Gasteiger partial charge >= 0.3 is 0 Å². The highest BCUT2D eigenvalue weighted by Crippen LogP contribution is 2.28. The quantitative estimate of drug-likeness (QED) is 0.940. The van der Waals surface area contributed by atoms with Crippen LogP contribution in [-0.2, 0) is 13.5 Å². The highest BCUT2D eigenvalue weighted by Gasteiger charge is 2.18. The molecule has 0 amide bonds. The van der Waals surface area contributed by atoms with Crippen LogP contribution >= 0.6 is 0 Å². The summed E-state index contributed by atoms with van der Waals surface area (Å²) in [6, 6.07) is 2.66. The number of nitrogens with two attached hydrogens (primary N) is 1. The summed E-state index contributed by atoms with van der Waals surface area (Å²) in [6.45, 7) is 2.01. The Labute approximate surface area is 126 Å². The van der Waals surface area contributed by atoms with Crippen LogP contribution in [0.25, 0.3) is 0 Å². The number of nitrogens with zero attached hydrogens (tertiary/aromatic N) is 4. The minimum absolute atomic E-state index is 0.0339. The minimum Gasteiger partial charge on any atom is -0.324 e. The van der Waals surface area contributed by atoms with Gasteiger partial charge in [0.15, 0.2) is 0 Å². The molecule has 1 aliphatic rings. The standard InChI is InChI=1S/C16H25N5/c1-12-15(11-20(2)18-12)16(17)10-13-8-9-21(19-13)14-6-4-3-5-7-14/h8-9,11,14,16H,3-7,10,17H2,1-2H3. The van der Waals surface area contributed by atoms with E-state index in [0.717, 1.165) is 23.4 Å². The van der Waals surface area contributed by atoms with E-state index in [1.165, 1.54) is 32.1 Å². The second-order valence-electron chi connectivity index (χ2n) is 6.23. The maximum absolute atomic E-state index is 6.33. The van der Waals surface area contributed by atoms with Crippen molar-refractivity contribution in [1.82, 2.24) is 19.6 Å². The largest absolute Gasteiger partial charge is 0.324 e. The van der Waals surface area contributed by atoms with Crippen molar-refractivity contribution in [2.75, 3.05) is 0 Å². The molecule has 0 saturated heterocycles. The van der Waals surface area contributed by atoms with E-state index in [1.807, 2.05) is 24.9 Å². The molecule has 0 aromatic carbocycles. The van der Waals surface area contributed by atoms with E-state index in [1.54, 1.807) is 0 Å². The lowest BCUT2D eigenvalue weighted by Gasteiger charge is -2.21. The average molecular weight is 287 g/mol. The topological polar surface area (TPSA) is 61.7 Å². The van der Waals surface area contributed by atoms with Gasteiger partial charge in [0.1, 0.15) is 0 Å². The van der Waals surface area contributed by atoms with E-state index in [4.69, 9.17) is 10.8 Å². The molecule has 21 heavy (non-hydrogen) atoms. The molecule has 1 aliphatic carbocycles. The Hall–Kier alpha value is -1.62. The fourth-order valence-electron chi connectivity index (χ4n) is 3.35. The van der Waals surface area contributed by atoms with Crippen molar-refractivity contribution < 1.29 is 0 Å². The van der Waals surface area contributed by atoms with Crippen molar-refractivity contribution in [2.45, 2.75) is 57.5 Å². The van der Waals surface area contributed by atoms with E-state index in [-0.39, 0.29) is 6.04 Å². The first-order valence-corrected chi connectivity index (χ1v) is 7.93. The number of hydrogen-bond acceptors (Lipinski definition) is 3. The Morgan fingerprint density at radius 1 is 1.29 bits per heavy atom. The zero-order chi connectivity index (χ0) is 14.8. The van der Waals surface area contributed by atoms with Crippen LogP contribution in [0.4, 0.5) is 0 Å². The summed E-state index contributed by atoms with van der Waals surface area (Å²) in [5.41, 5.74) is 9.53. The zero-order valence-electron chi connectivity index (χ0n) is 13.0. The molecule has 5 nitrogen and oxygen atoms in total. The van der Waals surface area contributed by atoms with Crippen molar-refractivity contribution in [1.29, 1.82) is 0 Å². The lowest BCUT2D eigenvalue weighted by molar-refractivity contribution is 0.328. The number of aryl methyl sites for hydroxylation is 2. The molecule has 0 bridgehead atoms. The SMILES string of the molecule is Cc1nn(C)cc1C(N)Cc1ccn(C2CCCCC2)n1. The van der Waals surface area contributed by atoms with Gasteiger partial charge in [0.25, 0.3) is 0 Å². The molecule has 2 aromatic heterocycles. The van der Waals surface area contributed by atoms with Gasteiger partial charge in [-0.1, -0.05) is 19.3 Å². The first-order chi connectivity index (χ1) is 10.1. The fourth-order valence-corrected chi connectivity index (χ4v) is 3.35. The molecule has 0 spiro atoms. The van der Waals surface area contributed by atoms with Crippen molar-refractivity contribution in [2.24, 2.45) is 12.8 Å². The third kappa shape index (κ3) is 3.18. The van der Waals surface area contributed by atoms with E-state index in [2.05, 4.69) is 22.0 Å². The molecule has 3 rings (SSSR count). The Balaban J connectivity index is 1.67. The molecule has 0 aliphatic heterocycles. The van der Waals surface area contributed by atoms with E-state index in [9.17, 15) is 0 Å². The van der Waals surface area contributed by atoms with Crippen LogP contribution in [0.1, 0.15) is 61.1 Å². The van der Waals surface area contributed by atoms with E-state index < -0.39 is 0 Å². The average Bonchev–Trinajstić information content (AvgIpc) is 3.06. The molecule has 1 saturated carbocycles. The van der Waals surface area contributed by atoms with Gasteiger partial charge in [-0.25, -0.2) is 0 Å². The molecular formula is C16H25N5. The Morgan fingerprint density at radius 3 is 2.71 bits per heavy atom. The predicted octanol–water partition coefficient (Wildman–Crippen LogP) is 2.67. The van der Waals surface area contributed by atoms with Gasteiger partial charge in [-0.15, -0.1) is 0 Å². The van der Waals surface area contributed by atoms with Crippen LogP contribution < -0.4 is 5.73 Å². The lowest BCUT2D eigenvalue weighted by Crippen LogP contribution is -2.16. The van der Waals surface area contributed by atoms with E-state index >= 15 is 0 Å². The van der Waals surface area contributed by atoms with E-state index in [0.29, 0.717) is 6.04 Å². The van der Waals surface area contributed by atoms with Crippen LogP contribution in [0.5, 0.6) is 0 Å². The summed E-state index contributed by atoms with van der Waals surface area (Å²) in [6.07, 6.45) is 11.4. The summed E-state index contributed by atoms with van der Waals surface area (Å²) in [7, 11) is 1.93.